The molecule has 0 unspecified atom stereocenters. The van der Waals surface area contributed by atoms with E-state index in [4.69, 9.17) is 14.5 Å². The van der Waals surface area contributed by atoms with E-state index in [1.165, 1.54) is 0 Å². The standard InChI is InChI=1S/C19H14N4O2S2/c1-2-15-16(25-11-24-15)7-12(1)8-20-19-21-17(13-3-5-26-9-13)18(22-23-19)14-4-6-27-10-14/h1-7,9-10H,8,11H2,(H,20,21,23). The lowest BCUT2D eigenvalue weighted by Crippen LogP contribution is -2.06. The summed E-state index contributed by atoms with van der Waals surface area (Å²) in [5.41, 5.74) is 4.76. The van der Waals surface area contributed by atoms with Crippen molar-refractivity contribution in [2.75, 3.05) is 12.1 Å². The van der Waals surface area contributed by atoms with Crippen LogP contribution in [0.25, 0.3) is 22.5 Å². The minimum atomic E-state index is 0.271. The second-order valence-electron chi connectivity index (χ2n) is 5.90. The third kappa shape index (κ3) is 3.24. The van der Waals surface area contributed by atoms with Crippen molar-refractivity contribution >= 4 is 28.6 Å². The van der Waals surface area contributed by atoms with Crippen LogP contribution in [0.4, 0.5) is 5.95 Å². The van der Waals surface area contributed by atoms with E-state index in [-0.39, 0.29) is 6.79 Å². The van der Waals surface area contributed by atoms with Crippen LogP contribution >= 0.6 is 22.7 Å². The van der Waals surface area contributed by atoms with Crippen LogP contribution in [0.3, 0.4) is 0 Å². The Labute approximate surface area is 163 Å². The number of rotatable bonds is 5. The van der Waals surface area contributed by atoms with Crippen molar-refractivity contribution in [1.82, 2.24) is 15.2 Å². The third-order valence-corrected chi connectivity index (χ3v) is 5.53. The molecule has 1 aliphatic heterocycles. The SMILES string of the molecule is c1cc(-c2nnc(NCc3ccc4c(c3)OCO4)nc2-c2ccsc2)cs1. The zero-order chi connectivity index (χ0) is 18.1. The van der Waals surface area contributed by atoms with Gasteiger partial charge in [-0.05, 0) is 40.6 Å². The van der Waals surface area contributed by atoms with Gasteiger partial charge in [-0.1, -0.05) is 6.07 Å². The van der Waals surface area contributed by atoms with Crippen LogP contribution in [0.2, 0.25) is 0 Å². The first kappa shape index (κ1) is 16.2. The zero-order valence-electron chi connectivity index (χ0n) is 14.1. The third-order valence-electron chi connectivity index (χ3n) is 4.16. The Bertz CT molecular complexity index is 1070. The van der Waals surface area contributed by atoms with E-state index >= 15 is 0 Å². The molecule has 0 radical (unpaired) electrons. The summed E-state index contributed by atoms with van der Waals surface area (Å²) in [5, 5.41) is 20.2. The molecule has 0 spiro atoms. The van der Waals surface area contributed by atoms with Crippen LogP contribution < -0.4 is 14.8 Å². The van der Waals surface area contributed by atoms with Crippen LogP contribution in [0.1, 0.15) is 5.56 Å². The van der Waals surface area contributed by atoms with Gasteiger partial charge in [-0.25, -0.2) is 4.98 Å². The van der Waals surface area contributed by atoms with Crippen molar-refractivity contribution < 1.29 is 9.47 Å². The first-order valence-electron chi connectivity index (χ1n) is 8.29. The molecule has 4 aromatic rings. The molecule has 3 aromatic heterocycles. The lowest BCUT2D eigenvalue weighted by atomic mass is 10.1. The number of fused-ring (bicyclic) bond motifs is 1. The van der Waals surface area contributed by atoms with E-state index in [9.17, 15) is 0 Å². The summed E-state index contributed by atoms with van der Waals surface area (Å²) in [6.45, 7) is 0.840. The maximum atomic E-state index is 5.42. The molecule has 1 aromatic carbocycles. The van der Waals surface area contributed by atoms with Gasteiger partial charge in [0, 0.05) is 28.4 Å². The molecule has 0 saturated heterocycles. The Hall–Kier alpha value is -2.97. The van der Waals surface area contributed by atoms with Crippen molar-refractivity contribution in [2.45, 2.75) is 6.54 Å². The molecule has 0 atom stereocenters. The van der Waals surface area contributed by atoms with Crippen molar-refractivity contribution in [3.05, 3.63) is 57.4 Å². The Morgan fingerprint density at radius 3 is 2.44 bits per heavy atom. The molecule has 1 N–H and O–H groups in total. The quantitative estimate of drug-likeness (QED) is 0.530. The van der Waals surface area contributed by atoms with Gasteiger partial charge in [0.2, 0.25) is 12.7 Å². The molecular formula is C19H14N4O2S2. The molecule has 0 saturated carbocycles. The highest BCUT2D eigenvalue weighted by molar-refractivity contribution is 7.08. The van der Waals surface area contributed by atoms with Gasteiger partial charge in [0.25, 0.3) is 0 Å². The number of hydrogen-bond acceptors (Lipinski definition) is 8. The van der Waals surface area contributed by atoms with Crippen LogP contribution in [-0.2, 0) is 6.54 Å². The first-order valence-corrected chi connectivity index (χ1v) is 10.2. The van der Waals surface area contributed by atoms with E-state index in [0.717, 1.165) is 39.6 Å². The highest BCUT2D eigenvalue weighted by Crippen LogP contribution is 2.33. The van der Waals surface area contributed by atoms with Gasteiger partial charge in [-0.3, -0.25) is 0 Å². The Kier molecular flexibility index (Phi) is 4.19. The molecule has 0 bridgehead atoms. The molecule has 0 amide bonds. The lowest BCUT2D eigenvalue weighted by molar-refractivity contribution is 0.174. The molecule has 0 fully saturated rings. The van der Waals surface area contributed by atoms with E-state index in [0.29, 0.717) is 12.5 Å². The number of thiophene rings is 2. The van der Waals surface area contributed by atoms with E-state index in [2.05, 4.69) is 26.3 Å². The molecule has 6 nitrogen and oxygen atoms in total. The average Bonchev–Trinajstić information content (AvgIpc) is 3.48. The fourth-order valence-electron chi connectivity index (χ4n) is 2.83. The molecule has 8 heteroatoms. The van der Waals surface area contributed by atoms with Crippen molar-refractivity contribution in [3.63, 3.8) is 0 Å². The van der Waals surface area contributed by atoms with Crippen LogP contribution in [0, 0.1) is 0 Å². The van der Waals surface area contributed by atoms with Gasteiger partial charge in [0.05, 0.1) is 0 Å². The van der Waals surface area contributed by atoms with Crippen LogP contribution in [0.15, 0.2) is 51.9 Å². The topological polar surface area (TPSA) is 69.2 Å². The summed E-state index contributed by atoms with van der Waals surface area (Å²) in [5.74, 6) is 2.03. The molecule has 4 heterocycles. The maximum absolute atomic E-state index is 5.42. The summed E-state index contributed by atoms with van der Waals surface area (Å²) in [6, 6.07) is 9.95. The Morgan fingerprint density at radius 1 is 0.889 bits per heavy atom. The fraction of sp³-hybridized carbons (Fsp3) is 0.105. The summed E-state index contributed by atoms with van der Waals surface area (Å²) in [4.78, 5) is 4.73. The smallest absolute Gasteiger partial charge is 0.243 e. The molecule has 5 rings (SSSR count). The minimum Gasteiger partial charge on any atom is -0.454 e. The zero-order valence-corrected chi connectivity index (χ0v) is 15.7. The average molecular weight is 394 g/mol. The van der Waals surface area contributed by atoms with E-state index in [1.54, 1.807) is 22.7 Å². The predicted molar refractivity (Wildman–Crippen MR) is 106 cm³/mol. The normalized spacial score (nSPS) is 12.3. The highest BCUT2D eigenvalue weighted by Gasteiger charge is 2.15. The molecule has 0 aliphatic carbocycles. The van der Waals surface area contributed by atoms with Gasteiger partial charge >= 0.3 is 0 Å². The predicted octanol–water partition coefficient (Wildman–Crippen LogP) is 4.67. The lowest BCUT2D eigenvalue weighted by Gasteiger charge is -2.09. The molecular weight excluding hydrogens is 380 g/mol. The number of benzene rings is 1. The second-order valence-corrected chi connectivity index (χ2v) is 7.46. The van der Waals surface area contributed by atoms with Gasteiger partial charge in [0.15, 0.2) is 11.5 Å². The fourth-order valence-corrected chi connectivity index (χ4v) is 4.11. The largest absolute Gasteiger partial charge is 0.454 e. The van der Waals surface area contributed by atoms with Gasteiger partial charge < -0.3 is 14.8 Å². The van der Waals surface area contributed by atoms with Crippen molar-refractivity contribution in [1.29, 1.82) is 0 Å². The number of nitrogens with zero attached hydrogens (tertiary/aromatic N) is 3. The van der Waals surface area contributed by atoms with Gasteiger partial charge in [-0.2, -0.15) is 22.7 Å². The highest BCUT2D eigenvalue weighted by atomic mass is 32.1. The first-order chi connectivity index (χ1) is 13.4. The number of aromatic nitrogens is 3. The molecule has 134 valence electrons. The number of anilines is 1. The van der Waals surface area contributed by atoms with E-state index in [1.807, 2.05) is 41.1 Å². The van der Waals surface area contributed by atoms with Gasteiger partial charge in [-0.15, -0.1) is 10.2 Å². The summed E-state index contributed by atoms with van der Waals surface area (Å²) in [7, 11) is 0. The summed E-state index contributed by atoms with van der Waals surface area (Å²) in [6.07, 6.45) is 0. The minimum absolute atomic E-state index is 0.271. The number of nitrogens with one attached hydrogen (secondary N) is 1. The Balaban J connectivity index is 1.42. The van der Waals surface area contributed by atoms with E-state index < -0.39 is 0 Å². The monoisotopic (exact) mass is 394 g/mol. The summed E-state index contributed by atoms with van der Waals surface area (Å²) >= 11 is 3.27. The number of hydrogen-bond donors (Lipinski definition) is 1. The second kappa shape index (κ2) is 6.98. The van der Waals surface area contributed by atoms with Gasteiger partial charge in [0.1, 0.15) is 11.4 Å². The molecule has 1 aliphatic rings. The maximum Gasteiger partial charge on any atom is 0.243 e. The number of ether oxygens (including phenoxy) is 2. The Morgan fingerprint density at radius 2 is 1.67 bits per heavy atom. The van der Waals surface area contributed by atoms with Crippen LogP contribution in [-0.4, -0.2) is 22.0 Å². The van der Waals surface area contributed by atoms with Crippen molar-refractivity contribution in [2.24, 2.45) is 0 Å². The summed E-state index contributed by atoms with van der Waals surface area (Å²) < 4.78 is 10.8. The van der Waals surface area contributed by atoms with Crippen LogP contribution in [0.5, 0.6) is 11.5 Å². The van der Waals surface area contributed by atoms with Crippen molar-refractivity contribution in [3.8, 4) is 34.0 Å². The molecule has 27 heavy (non-hydrogen) atoms.